The Hall–Kier alpha value is -0.700. The van der Waals surface area contributed by atoms with Crippen LogP contribution in [0.5, 0.6) is 0 Å². The van der Waals surface area contributed by atoms with Gasteiger partial charge < -0.3 is 4.74 Å². The lowest BCUT2D eigenvalue weighted by molar-refractivity contribution is -0.196. The van der Waals surface area contributed by atoms with Crippen LogP contribution in [-0.4, -0.2) is 23.8 Å². The van der Waals surface area contributed by atoms with E-state index in [0.29, 0.717) is 11.2 Å². The molecule has 18 heavy (non-hydrogen) atoms. The van der Waals surface area contributed by atoms with Gasteiger partial charge in [-0.15, -0.1) is 0 Å². The Morgan fingerprint density at radius 3 is 2.39 bits per heavy atom. The minimum absolute atomic E-state index is 0.0858. The summed E-state index contributed by atoms with van der Waals surface area (Å²) < 4.78 is 5.98. The summed E-state index contributed by atoms with van der Waals surface area (Å²) in [6, 6.07) is 0. The number of carbonyl (C=O) groups is 2. The van der Waals surface area contributed by atoms with Gasteiger partial charge >= 0.3 is 0 Å². The van der Waals surface area contributed by atoms with Crippen molar-refractivity contribution in [1.29, 1.82) is 0 Å². The second-order valence-corrected chi connectivity index (χ2v) is 6.82. The van der Waals surface area contributed by atoms with Crippen molar-refractivity contribution in [3.8, 4) is 0 Å². The van der Waals surface area contributed by atoms with Gasteiger partial charge in [0.25, 0.3) is 0 Å². The molecule has 4 fully saturated rings. The Labute approximate surface area is 108 Å². The molecule has 0 aromatic heterocycles. The lowest BCUT2D eigenvalue weighted by atomic mass is 9.47. The first kappa shape index (κ1) is 12.3. The maximum Gasteiger partial charge on any atom is 0.155 e. The number of carbonyl (C=O) groups excluding carboxylic acids is 2. The first-order valence-electron chi connectivity index (χ1n) is 7.15. The summed E-state index contributed by atoms with van der Waals surface area (Å²) in [4.78, 5) is 23.3. The van der Waals surface area contributed by atoms with Gasteiger partial charge in [-0.25, -0.2) is 0 Å². The van der Waals surface area contributed by atoms with Crippen molar-refractivity contribution in [3.05, 3.63) is 0 Å². The fourth-order valence-corrected chi connectivity index (χ4v) is 4.80. The maximum absolute atomic E-state index is 12.2. The third-order valence-corrected chi connectivity index (χ3v) is 5.43. The van der Waals surface area contributed by atoms with Crippen LogP contribution in [0.25, 0.3) is 0 Å². The van der Waals surface area contributed by atoms with E-state index in [-0.39, 0.29) is 29.8 Å². The molecule has 0 radical (unpaired) electrons. The van der Waals surface area contributed by atoms with E-state index >= 15 is 0 Å². The van der Waals surface area contributed by atoms with Crippen LogP contribution in [0.4, 0.5) is 0 Å². The standard InChI is InChI=1S/C15H22O3/c1-3-14-4-11-6-15(9-14,18-8-10(2)16)7-12(5-14)13(11)17/h11-12H,3-9H2,1-2H3. The highest BCUT2D eigenvalue weighted by atomic mass is 16.5. The van der Waals surface area contributed by atoms with E-state index in [1.165, 1.54) is 0 Å². The minimum atomic E-state index is -0.165. The topological polar surface area (TPSA) is 43.4 Å². The maximum atomic E-state index is 12.2. The number of Topliss-reactive ketones (excluding diaryl/α,β-unsaturated/α-hetero) is 2. The molecule has 0 amide bonds. The summed E-state index contributed by atoms with van der Waals surface area (Å²) in [5.74, 6) is 0.972. The lowest BCUT2D eigenvalue weighted by Crippen LogP contribution is -2.60. The molecule has 4 saturated carbocycles. The average molecular weight is 250 g/mol. The van der Waals surface area contributed by atoms with E-state index in [9.17, 15) is 9.59 Å². The van der Waals surface area contributed by atoms with Crippen LogP contribution < -0.4 is 0 Å². The summed E-state index contributed by atoms with van der Waals surface area (Å²) in [5, 5.41) is 0. The molecule has 4 bridgehead atoms. The van der Waals surface area contributed by atoms with Gasteiger partial charge in [0.2, 0.25) is 0 Å². The van der Waals surface area contributed by atoms with E-state index < -0.39 is 0 Å². The fraction of sp³-hybridized carbons (Fsp3) is 0.867. The number of hydrogen-bond acceptors (Lipinski definition) is 3. The Morgan fingerprint density at radius 1 is 1.28 bits per heavy atom. The monoisotopic (exact) mass is 250 g/mol. The molecule has 0 heterocycles. The van der Waals surface area contributed by atoms with Crippen LogP contribution >= 0.6 is 0 Å². The van der Waals surface area contributed by atoms with Crippen molar-refractivity contribution in [3.63, 3.8) is 0 Å². The normalized spacial score (nSPS) is 45.6. The molecule has 4 aliphatic carbocycles. The van der Waals surface area contributed by atoms with Crippen LogP contribution in [-0.2, 0) is 14.3 Å². The zero-order chi connectivity index (χ0) is 13.0. The highest BCUT2D eigenvalue weighted by Gasteiger charge is 2.61. The fourth-order valence-electron chi connectivity index (χ4n) is 4.80. The highest BCUT2D eigenvalue weighted by molar-refractivity contribution is 5.86. The Bertz CT molecular complexity index is 381. The van der Waals surface area contributed by atoms with Gasteiger partial charge in [0.05, 0.1) is 5.60 Å². The molecule has 0 saturated heterocycles. The third kappa shape index (κ3) is 1.75. The van der Waals surface area contributed by atoms with Gasteiger partial charge in [0, 0.05) is 11.8 Å². The van der Waals surface area contributed by atoms with Crippen molar-refractivity contribution in [2.75, 3.05) is 6.61 Å². The third-order valence-electron chi connectivity index (χ3n) is 5.43. The first-order chi connectivity index (χ1) is 8.48. The molecule has 2 atom stereocenters. The smallest absolute Gasteiger partial charge is 0.155 e. The summed E-state index contributed by atoms with van der Waals surface area (Å²) in [7, 11) is 0. The van der Waals surface area contributed by atoms with E-state index in [1.807, 2.05) is 0 Å². The Balaban J connectivity index is 1.85. The first-order valence-corrected chi connectivity index (χ1v) is 7.15. The zero-order valence-electron chi connectivity index (χ0n) is 11.3. The van der Waals surface area contributed by atoms with Crippen molar-refractivity contribution >= 4 is 11.6 Å². The van der Waals surface area contributed by atoms with E-state index in [4.69, 9.17) is 4.74 Å². The molecule has 0 spiro atoms. The van der Waals surface area contributed by atoms with Gasteiger partial charge in [0.15, 0.2) is 5.78 Å². The SMILES string of the molecule is CCC12CC3CC(OCC(C)=O)(CC(C1)C3=O)C2. The van der Waals surface area contributed by atoms with Gasteiger partial charge in [-0.1, -0.05) is 13.3 Å². The molecule has 2 unspecified atom stereocenters. The van der Waals surface area contributed by atoms with Gasteiger partial charge in [-0.05, 0) is 44.4 Å². The van der Waals surface area contributed by atoms with Crippen molar-refractivity contribution < 1.29 is 14.3 Å². The summed E-state index contributed by atoms with van der Waals surface area (Å²) in [6.07, 6.45) is 6.03. The number of ketones is 2. The predicted molar refractivity (Wildman–Crippen MR) is 67.2 cm³/mol. The van der Waals surface area contributed by atoms with Crippen LogP contribution in [0.15, 0.2) is 0 Å². The minimum Gasteiger partial charge on any atom is -0.367 e. The Morgan fingerprint density at radius 2 is 1.89 bits per heavy atom. The predicted octanol–water partition coefficient (Wildman–Crippen LogP) is 2.52. The highest BCUT2D eigenvalue weighted by Crippen LogP contribution is 2.62. The second-order valence-electron chi connectivity index (χ2n) is 6.82. The summed E-state index contributed by atoms with van der Waals surface area (Å²) >= 11 is 0. The molecule has 0 N–H and O–H groups in total. The van der Waals surface area contributed by atoms with Crippen LogP contribution in [0.3, 0.4) is 0 Å². The number of ether oxygens (including phenoxy) is 1. The summed E-state index contributed by atoms with van der Waals surface area (Å²) in [5.41, 5.74) is 0.151. The average Bonchev–Trinajstić information content (AvgIpc) is 2.33. The van der Waals surface area contributed by atoms with E-state index in [0.717, 1.165) is 38.5 Å². The van der Waals surface area contributed by atoms with Crippen LogP contribution in [0.2, 0.25) is 0 Å². The molecule has 0 aliphatic heterocycles. The molecule has 3 nitrogen and oxygen atoms in total. The lowest BCUT2D eigenvalue weighted by Gasteiger charge is -2.60. The quantitative estimate of drug-likeness (QED) is 0.770. The van der Waals surface area contributed by atoms with Crippen molar-refractivity contribution in [2.24, 2.45) is 17.3 Å². The van der Waals surface area contributed by atoms with Crippen molar-refractivity contribution in [1.82, 2.24) is 0 Å². The molecule has 0 aromatic carbocycles. The van der Waals surface area contributed by atoms with Gasteiger partial charge in [-0.3, -0.25) is 9.59 Å². The second kappa shape index (κ2) is 3.89. The van der Waals surface area contributed by atoms with Crippen LogP contribution in [0, 0.1) is 17.3 Å². The number of hydrogen-bond donors (Lipinski definition) is 0. The zero-order valence-corrected chi connectivity index (χ0v) is 11.3. The molecular weight excluding hydrogens is 228 g/mol. The van der Waals surface area contributed by atoms with Crippen LogP contribution in [0.1, 0.15) is 52.4 Å². The van der Waals surface area contributed by atoms with Crippen molar-refractivity contribution in [2.45, 2.75) is 58.0 Å². The van der Waals surface area contributed by atoms with Gasteiger partial charge in [0.1, 0.15) is 12.4 Å². The Kier molecular flexibility index (Phi) is 2.67. The van der Waals surface area contributed by atoms with E-state index in [1.54, 1.807) is 6.92 Å². The largest absolute Gasteiger partial charge is 0.367 e. The molecule has 4 aliphatic rings. The number of rotatable bonds is 4. The molecule has 3 heteroatoms. The molecule has 0 aromatic rings. The summed E-state index contributed by atoms with van der Waals surface area (Å²) in [6.45, 7) is 4.02. The van der Waals surface area contributed by atoms with E-state index in [2.05, 4.69) is 6.92 Å². The molecule has 100 valence electrons. The molecular formula is C15H22O3. The van der Waals surface area contributed by atoms with Gasteiger partial charge in [-0.2, -0.15) is 0 Å². The molecule has 4 rings (SSSR count).